The van der Waals surface area contributed by atoms with E-state index in [0.29, 0.717) is 13.0 Å². The fourth-order valence-corrected chi connectivity index (χ4v) is 2.56. The number of benzene rings is 1. The number of aliphatic hydroxyl groups excluding tert-OH is 1. The van der Waals surface area contributed by atoms with Gasteiger partial charge in [0.15, 0.2) is 0 Å². The first-order valence-electron chi connectivity index (χ1n) is 6.32. The molecule has 0 radical (unpaired) electrons. The van der Waals surface area contributed by atoms with Crippen molar-refractivity contribution in [2.24, 2.45) is 5.73 Å². The molecule has 4 N–H and O–H groups in total. The van der Waals surface area contributed by atoms with E-state index in [1.54, 1.807) is 11.8 Å². The van der Waals surface area contributed by atoms with Crippen LogP contribution in [0.1, 0.15) is 18.1 Å². The maximum absolute atomic E-state index is 12.0. The molecule has 0 saturated heterocycles. The van der Waals surface area contributed by atoms with Gasteiger partial charge in [-0.1, -0.05) is 24.3 Å². The molecule has 0 saturated carbocycles. The highest BCUT2D eigenvalue weighted by molar-refractivity contribution is 7.99. The minimum Gasteiger partial charge on any atom is -0.395 e. The summed E-state index contributed by atoms with van der Waals surface area (Å²) in [4.78, 5) is 12.0. The molecule has 1 aromatic carbocycles. The van der Waals surface area contributed by atoms with E-state index >= 15 is 0 Å². The number of hydrogen-bond acceptors (Lipinski definition) is 4. The largest absolute Gasteiger partial charge is 0.395 e. The number of carbonyl (C=O) groups excluding carboxylic acids is 1. The van der Waals surface area contributed by atoms with Crippen molar-refractivity contribution >= 4 is 17.7 Å². The maximum Gasteiger partial charge on any atom is 0.224 e. The lowest BCUT2D eigenvalue weighted by Gasteiger charge is -2.21. The van der Waals surface area contributed by atoms with E-state index in [0.717, 1.165) is 11.1 Å². The molecule has 19 heavy (non-hydrogen) atoms. The van der Waals surface area contributed by atoms with Gasteiger partial charge in [0.05, 0.1) is 13.0 Å². The topological polar surface area (TPSA) is 75.3 Å². The zero-order chi connectivity index (χ0) is 14.3. The van der Waals surface area contributed by atoms with E-state index in [9.17, 15) is 9.90 Å². The molecule has 5 heteroatoms. The van der Waals surface area contributed by atoms with Gasteiger partial charge in [-0.05, 0) is 24.3 Å². The summed E-state index contributed by atoms with van der Waals surface area (Å²) in [7, 11) is 0. The highest BCUT2D eigenvalue weighted by atomic mass is 32.2. The first-order chi connectivity index (χ1) is 9.12. The number of amides is 1. The average Bonchev–Trinajstić information content (AvgIpc) is 2.40. The normalized spacial score (nSPS) is 13.9. The van der Waals surface area contributed by atoms with Crippen LogP contribution < -0.4 is 11.1 Å². The Morgan fingerprint density at radius 3 is 2.58 bits per heavy atom. The Labute approximate surface area is 118 Å². The molecule has 2 unspecified atom stereocenters. The third-order valence-electron chi connectivity index (χ3n) is 3.12. The van der Waals surface area contributed by atoms with Crippen LogP contribution >= 0.6 is 11.8 Å². The highest BCUT2D eigenvalue weighted by Gasteiger charge is 2.17. The van der Waals surface area contributed by atoms with Gasteiger partial charge in [-0.15, -0.1) is 0 Å². The standard InChI is InChI=1S/C14H22N2O2S/c1-10(13(9-17)19-2)16-14(18)7-11-5-3-4-6-12(11)8-15/h3-6,10,13,17H,7-9,15H2,1-2H3,(H,16,18). The van der Waals surface area contributed by atoms with Crippen molar-refractivity contribution in [1.29, 1.82) is 0 Å². The lowest BCUT2D eigenvalue weighted by molar-refractivity contribution is -0.121. The van der Waals surface area contributed by atoms with Crippen LogP contribution in [0.15, 0.2) is 24.3 Å². The molecule has 0 spiro atoms. The minimum absolute atomic E-state index is 0.0219. The Hall–Kier alpha value is -1.04. The third-order valence-corrected chi connectivity index (χ3v) is 4.28. The lowest BCUT2D eigenvalue weighted by atomic mass is 10.0. The number of nitrogens with two attached hydrogens (primary N) is 1. The number of aliphatic hydroxyl groups is 1. The maximum atomic E-state index is 12.0. The third kappa shape index (κ3) is 4.86. The summed E-state index contributed by atoms with van der Waals surface area (Å²) in [6.45, 7) is 2.40. The number of thioether (sulfide) groups is 1. The molecule has 0 aromatic heterocycles. The Morgan fingerprint density at radius 1 is 1.42 bits per heavy atom. The van der Waals surface area contributed by atoms with Crippen LogP contribution in [0.3, 0.4) is 0 Å². The summed E-state index contributed by atoms with van der Waals surface area (Å²) >= 11 is 1.55. The quantitative estimate of drug-likeness (QED) is 0.695. The molecule has 0 aliphatic rings. The van der Waals surface area contributed by atoms with Crippen molar-refractivity contribution in [2.75, 3.05) is 12.9 Å². The fraction of sp³-hybridized carbons (Fsp3) is 0.500. The Balaban J connectivity index is 2.60. The molecule has 106 valence electrons. The van der Waals surface area contributed by atoms with Gasteiger partial charge in [0.2, 0.25) is 5.91 Å². The van der Waals surface area contributed by atoms with Crippen molar-refractivity contribution < 1.29 is 9.90 Å². The molecule has 0 heterocycles. The SMILES string of the molecule is CSC(CO)C(C)NC(=O)Cc1ccccc1CN. The van der Waals surface area contributed by atoms with Gasteiger partial charge in [-0.25, -0.2) is 0 Å². The smallest absolute Gasteiger partial charge is 0.224 e. The predicted octanol–water partition coefficient (Wildman–Crippen LogP) is 0.916. The monoisotopic (exact) mass is 282 g/mol. The van der Waals surface area contributed by atoms with Crippen LogP contribution in [0.5, 0.6) is 0 Å². The molecule has 0 aliphatic carbocycles. The van der Waals surface area contributed by atoms with Crippen molar-refractivity contribution in [3.63, 3.8) is 0 Å². The van der Waals surface area contributed by atoms with E-state index in [1.165, 1.54) is 0 Å². The van der Waals surface area contributed by atoms with E-state index in [-0.39, 0.29) is 23.8 Å². The summed E-state index contributed by atoms with van der Waals surface area (Å²) in [5.74, 6) is -0.0408. The van der Waals surface area contributed by atoms with Crippen LogP contribution in [-0.4, -0.2) is 35.2 Å². The molecule has 0 aliphatic heterocycles. The molecular formula is C14H22N2O2S. The molecule has 0 fully saturated rings. The summed E-state index contributed by atoms with van der Waals surface area (Å²) in [5, 5.41) is 12.1. The molecule has 2 atom stereocenters. The molecule has 0 bridgehead atoms. The van der Waals surface area contributed by atoms with Gasteiger partial charge in [-0.2, -0.15) is 11.8 Å². The number of carbonyl (C=O) groups is 1. The van der Waals surface area contributed by atoms with Crippen LogP contribution in [0.25, 0.3) is 0 Å². The van der Waals surface area contributed by atoms with Crippen molar-refractivity contribution in [3.8, 4) is 0 Å². The highest BCUT2D eigenvalue weighted by Crippen LogP contribution is 2.12. The van der Waals surface area contributed by atoms with Crippen LogP contribution in [-0.2, 0) is 17.8 Å². The molecule has 1 amide bonds. The van der Waals surface area contributed by atoms with E-state index in [2.05, 4.69) is 5.32 Å². The van der Waals surface area contributed by atoms with Crippen molar-refractivity contribution in [2.45, 2.75) is 31.2 Å². The second kappa shape index (κ2) is 8.19. The Kier molecular flexibility index (Phi) is 6.91. The van der Waals surface area contributed by atoms with Crippen LogP contribution in [0.2, 0.25) is 0 Å². The van der Waals surface area contributed by atoms with Crippen LogP contribution in [0, 0.1) is 0 Å². The number of rotatable bonds is 7. The zero-order valence-electron chi connectivity index (χ0n) is 11.4. The van der Waals surface area contributed by atoms with Gasteiger partial charge in [-0.3, -0.25) is 4.79 Å². The van der Waals surface area contributed by atoms with E-state index in [1.807, 2.05) is 37.4 Å². The van der Waals surface area contributed by atoms with Gasteiger partial charge in [0.1, 0.15) is 0 Å². The predicted molar refractivity (Wildman–Crippen MR) is 80.0 cm³/mol. The molecule has 4 nitrogen and oxygen atoms in total. The lowest BCUT2D eigenvalue weighted by Crippen LogP contribution is -2.42. The second-order valence-corrected chi connectivity index (χ2v) is 5.54. The van der Waals surface area contributed by atoms with Crippen molar-refractivity contribution in [3.05, 3.63) is 35.4 Å². The van der Waals surface area contributed by atoms with E-state index < -0.39 is 0 Å². The summed E-state index contributed by atoms with van der Waals surface area (Å²) < 4.78 is 0. The van der Waals surface area contributed by atoms with Crippen LogP contribution in [0.4, 0.5) is 0 Å². The van der Waals surface area contributed by atoms with E-state index in [4.69, 9.17) is 5.73 Å². The van der Waals surface area contributed by atoms with Gasteiger partial charge < -0.3 is 16.2 Å². The second-order valence-electron chi connectivity index (χ2n) is 4.46. The number of nitrogens with one attached hydrogen (secondary N) is 1. The molecular weight excluding hydrogens is 260 g/mol. The first kappa shape index (κ1) is 16.0. The van der Waals surface area contributed by atoms with Gasteiger partial charge in [0.25, 0.3) is 0 Å². The number of hydrogen-bond donors (Lipinski definition) is 3. The Bertz CT molecular complexity index is 408. The minimum atomic E-state index is -0.0578. The average molecular weight is 282 g/mol. The molecule has 1 aromatic rings. The zero-order valence-corrected chi connectivity index (χ0v) is 12.2. The summed E-state index contributed by atoms with van der Waals surface area (Å²) in [6.07, 6.45) is 2.25. The van der Waals surface area contributed by atoms with Gasteiger partial charge >= 0.3 is 0 Å². The van der Waals surface area contributed by atoms with Crippen molar-refractivity contribution in [1.82, 2.24) is 5.32 Å². The molecule has 1 rings (SSSR count). The Morgan fingerprint density at radius 2 is 2.05 bits per heavy atom. The summed E-state index contributed by atoms with van der Waals surface area (Å²) in [6, 6.07) is 7.62. The van der Waals surface area contributed by atoms with Gasteiger partial charge in [0, 0.05) is 17.8 Å². The summed E-state index contributed by atoms with van der Waals surface area (Å²) in [5.41, 5.74) is 7.60. The first-order valence-corrected chi connectivity index (χ1v) is 7.61. The fourth-order valence-electron chi connectivity index (χ4n) is 1.94.